The number of hydrogen-bond donors (Lipinski definition) is 6. The largest absolute Gasteiger partial charge is 0.479 e. The van der Waals surface area contributed by atoms with E-state index >= 15 is 0 Å². The van der Waals surface area contributed by atoms with Gasteiger partial charge in [-0.3, -0.25) is 43.5 Å². The van der Waals surface area contributed by atoms with Crippen molar-refractivity contribution in [3.63, 3.8) is 0 Å². The predicted octanol–water partition coefficient (Wildman–Crippen LogP) is 12.2. The number of amides is 3. The Morgan fingerprint density at radius 1 is 0.363 bits per heavy atom. The molecule has 6 saturated carbocycles. The Morgan fingerprint density at radius 3 is 1.00 bits per heavy atom. The molecule has 12 bridgehead atoms. The molecule has 0 radical (unpaired) electrons. The highest BCUT2D eigenvalue weighted by molar-refractivity contribution is 6.41. The quantitative estimate of drug-likeness (QED) is 0.0229. The number of primary amides is 2. The predicted molar refractivity (Wildman–Crippen MR) is 469 cm³/mol. The van der Waals surface area contributed by atoms with Gasteiger partial charge in [0.15, 0.2) is 23.7 Å². The van der Waals surface area contributed by atoms with Crippen LogP contribution in [0.2, 0.25) is 0 Å². The summed E-state index contributed by atoms with van der Waals surface area (Å²) in [6.07, 6.45) is 43.7. The van der Waals surface area contributed by atoms with Crippen LogP contribution in [-0.4, -0.2) is 193 Å². The summed E-state index contributed by atoms with van der Waals surface area (Å²) in [5.41, 5.74) is 13.2. The summed E-state index contributed by atoms with van der Waals surface area (Å²) in [7, 11) is 1.55. The first-order valence-corrected chi connectivity index (χ1v) is 46.6. The smallest absolute Gasteiger partial charge is 0.360 e. The highest BCUT2D eigenvalue weighted by Gasteiger charge is 2.50. The molecule has 3 aromatic carbocycles. The Labute approximate surface area is 722 Å². The lowest BCUT2D eigenvalue weighted by molar-refractivity contribution is -0.143. The van der Waals surface area contributed by atoms with Gasteiger partial charge in [-0.25, -0.2) is 29.3 Å². The molecule has 3 aromatic heterocycles. The number of aliphatic carboxylic acids is 3. The van der Waals surface area contributed by atoms with Crippen LogP contribution in [0, 0.1) is 35.5 Å². The number of carboxylic acids is 3. The number of aromatic nitrogens is 6. The summed E-state index contributed by atoms with van der Waals surface area (Å²) in [4.78, 5) is 149. The van der Waals surface area contributed by atoms with E-state index in [2.05, 4.69) is 45.5 Å². The van der Waals surface area contributed by atoms with Crippen molar-refractivity contribution in [3.05, 3.63) is 121 Å². The lowest BCUT2D eigenvalue weighted by Gasteiger charge is -2.54. The number of carbonyl (C=O) groups is 6. The van der Waals surface area contributed by atoms with Crippen LogP contribution in [0.4, 0.5) is 0 Å². The topological polar surface area (TPSA) is 406 Å². The Morgan fingerprint density at radius 2 is 0.677 bits per heavy atom. The Bertz CT molecular complexity index is 5100. The van der Waals surface area contributed by atoms with Gasteiger partial charge < -0.3 is 60.3 Å². The number of oxime groups is 3. The van der Waals surface area contributed by atoms with Crippen LogP contribution < -0.4 is 33.5 Å². The van der Waals surface area contributed by atoms with Crippen molar-refractivity contribution in [1.82, 2.24) is 48.7 Å². The second-order valence-corrected chi connectivity index (χ2v) is 38.1. The summed E-state index contributed by atoms with van der Waals surface area (Å²) in [6.45, 7) is -1.90. The summed E-state index contributed by atoms with van der Waals surface area (Å²) < 4.78 is 5.57. The molecule has 666 valence electrons. The Balaban J connectivity index is 0.000000138. The SMILES string of the molecule is CNC(=O)CC/C(=N\OCC(=O)O)c1nc2ccccc2n(C2C[C@H]3CCC[C@@H](C2)N3C2C[C@H]3CCCC[C@@H](C2)C3)c1=O.NC(=O)CC/C(=N\OCC(=O)O)c1nc2ccccc2n(C2C[C@H]3CCC[C@@H](C2)N3C2C[C@H]3CCCC[C@@H](C2)C3)c1=O.NC(=O)CO/N=C(\C(=O)O)c1nc2ccccc2n(C2C[C@H]3CC[C@@H](C2)N3C2C[C@H]3CCCC[C@@H](C2)C3)c1=O. The highest BCUT2D eigenvalue weighted by atomic mass is 16.6. The Kier molecular flexibility index (Phi) is 28.1. The molecule has 6 saturated heterocycles. The molecule has 6 aliphatic heterocycles. The highest BCUT2D eigenvalue weighted by Crippen LogP contribution is 2.52. The van der Waals surface area contributed by atoms with Crippen LogP contribution in [0.15, 0.2) is 103 Å². The molecular weight excluding hydrogens is 1580 g/mol. The Hall–Kier alpha value is -9.81. The van der Waals surface area contributed by atoms with Gasteiger partial charge in [-0.2, -0.15) is 0 Å². The number of carbonyl (C=O) groups excluding carboxylic acids is 3. The molecule has 6 unspecified atom stereocenters. The van der Waals surface area contributed by atoms with Crippen molar-refractivity contribution in [1.29, 1.82) is 0 Å². The minimum absolute atomic E-state index is 0.0129. The zero-order chi connectivity index (χ0) is 86.2. The van der Waals surface area contributed by atoms with Gasteiger partial charge in [0.25, 0.3) is 22.6 Å². The third-order valence-corrected chi connectivity index (χ3v) is 30.1. The summed E-state index contributed by atoms with van der Waals surface area (Å²) in [6, 6.07) is 27.3. The fourth-order valence-corrected chi connectivity index (χ4v) is 25.5. The van der Waals surface area contributed by atoms with Crippen LogP contribution >= 0.6 is 0 Å². The molecular formula is C94H125N15O15. The zero-order valence-corrected chi connectivity index (χ0v) is 71.8. The van der Waals surface area contributed by atoms with Gasteiger partial charge >= 0.3 is 17.9 Å². The maximum absolute atomic E-state index is 14.3. The first kappa shape index (κ1) is 87.7. The zero-order valence-electron chi connectivity index (χ0n) is 71.8. The first-order valence-electron chi connectivity index (χ1n) is 46.6. The van der Waals surface area contributed by atoms with Gasteiger partial charge in [0.2, 0.25) is 30.7 Å². The van der Waals surface area contributed by atoms with E-state index in [1.54, 1.807) is 17.7 Å². The van der Waals surface area contributed by atoms with Crippen LogP contribution in [0.1, 0.15) is 286 Å². The average Bonchev–Trinajstić information content (AvgIpc) is 1.17. The minimum Gasteiger partial charge on any atom is -0.479 e. The molecule has 6 aromatic rings. The van der Waals surface area contributed by atoms with Gasteiger partial charge in [-0.05, 0) is 207 Å². The van der Waals surface area contributed by atoms with Crippen molar-refractivity contribution in [3.8, 4) is 0 Å². The maximum atomic E-state index is 14.3. The van der Waals surface area contributed by atoms with E-state index in [4.69, 9.17) is 41.2 Å². The summed E-state index contributed by atoms with van der Waals surface area (Å²) in [5.74, 6) is -0.200. The first-order chi connectivity index (χ1) is 60.2. The van der Waals surface area contributed by atoms with E-state index in [1.165, 1.54) is 161 Å². The van der Waals surface area contributed by atoms with Crippen molar-refractivity contribution in [2.45, 2.75) is 323 Å². The van der Waals surface area contributed by atoms with Gasteiger partial charge in [0, 0.05) is 105 Å². The number of para-hydroxylation sites is 6. The molecule has 30 nitrogen and oxygen atoms in total. The monoisotopic (exact) mass is 1700 g/mol. The number of carboxylic acid groups (broad SMARTS) is 3. The lowest BCUT2D eigenvalue weighted by atomic mass is 9.73. The third kappa shape index (κ3) is 20.0. The number of benzene rings is 3. The fraction of sp³-hybridized carbons (Fsp3) is 0.649. The van der Waals surface area contributed by atoms with Gasteiger partial charge in [-0.1, -0.05) is 142 Å². The molecule has 9 heterocycles. The molecule has 0 spiro atoms. The number of nitrogens with zero attached hydrogens (tertiary/aromatic N) is 12. The third-order valence-electron chi connectivity index (χ3n) is 30.1. The summed E-state index contributed by atoms with van der Waals surface area (Å²) in [5, 5.41) is 42.1. The number of rotatable bonds is 25. The van der Waals surface area contributed by atoms with Crippen molar-refractivity contribution in [2.75, 3.05) is 26.9 Å². The molecule has 18 atom stereocenters. The van der Waals surface area contributed by atoms with E-state index in [0.29, 0.717) is 76.4 Å². The molecule has 18 rings (SSSR count). The normalized spacial score (nSPS) is 30.2. The van der Waals surface area contributed by atoms with Crippen molar-refractivity contribution < 1.29 is 58.6 Å². The molecule has 8 N–H and O–H groups in total. The number of hydrogen-bond acceptors (Lipinski definition) is 21. The van der Waals surface area contributed by atoms with Gasteiger partial charge in [0.1, 0.15) is 11.4 Å². The summed E-state index contributed by atoms with van der Waals surface area (Å²) >= 11 is 0. The molecule has 6 aliphatic carbocycles. The number of piperidine rings is 5. The van der Waals surface area contributed by atoms with E-state index in [1.807, 2.05) is 75.9 Å². The van der Waals surface area contributed by atoms with Crippen LogP contribution in [-0.2, 0) is 43.3 Å². The van der Waals surface area contributed by atoms with Gasteiger partial charge in [-0.15, -0.1) is 0 Å². The van der Waals surface area contributed by atoms with Crippen LogP contribution in [0.25, 0.3) is 33.1 Å². The fourth-order valence-electron chi connectivity index (χ4n) is 25.5. The molecule has 3 amide bonds. The molecule has 124 heavy (non-hydrogen) atoms. The van der Waals surface area contributed by atoms with E-state index in [0.717, 1.165) is 111 Å². The van der Waals surface area contributed by atoms with E-state index < -0.39 is 60.8 Å². The molecule has 30 heteroatoms. The standard InChI is InChI=1S/C33H45N5O5.C32H43N5O5.C29H37N5O5/c1-34-30(39)14-13-28(36-43-20-31(40)41)32-33(42)38(29-12-5-4-11-27(29)35-32)26-18-23-9-6-10-24(19-26)37(23)25-16-21-7-2-3-8-22(15-21)17-25;33-29(38)13-12-27(35-42-19-30(39)40)31-32(41)37(28-11-4-3-10-26(28)34-31)25-17-22-8-5-9-23(18-25)36(22)24-15-20-6-1-2-7-21(14-20)16-24;30-25(35)16-39-32-27(29(37)38)26-28(36)34(24-8-4-3-7-23(24)31-26)22-14-19-9-10-20(15-22)33(19)21-12-17-5-1-2-6-18(11-17)13-21/h4-5,11-12,21-26H,2-3,6-10,13-20H2,1H3,(H,34,39)(H,40,41);3-4,10-11,20-25H,1-2,5-9,12-19H2,(H2,33,38)(H,39,40);3-4,7-8,17-22H,1-2,5-6,9-16H2,(H2,30,35)(H,37,38)/b36-28+;35-27+;32-27-/t21-,22+,23-,24+,25?,26?;20-,21+,22-,23+,24?,25?;17-,18+,19-,20+,21?,22?. The second kappa shape index (κ2) is 39.8. The minimum atomic E-state index is -1.46. The van der Waals surface area contributed by atoms with E-state index in [9.17, 15) is 48.3 Å². The second-order valence-electron chi connectivity index (χ2n) is 38.1. The van der Waals surface area contributed by atoms with Crippen molar-refractivity contribution in [2.24, 2.45) is 62.4 Å². The molecule has 12 aliphatic rings. The van der Waals surface area contributed by atoms with Crippen molar-refractivity contribution >= 4 is 85.9 Å². The van der Waals surface area contributed by atoms with Gasteiger partial charge in [0.05, 0.1) is 33.1 Å². The number of fused-ring (bicyclic) bond motifs is 15. The van der Waals surface area contributed by atoms with E-state index in [-0.39, 0.29) is 89.3 Å². The average molecular weight is 1710 g/mol. The lowest BCUT2D eigenvalue weighted by Crippen LogP contribution is -2.58. The number of nitrogens with one attached hydrogen (secondary N) is 1. The number of nitrogens with two attached hydrogens (primary N) is 2. The molecule has 12 fully saturated rings. The maximum Gasteiger partial charge on any atom is 0.360 e. The van der Waals surface area contributed by atoms with Crippen LogP contribution in [0.3, 0.4) is 0 Å². The van der Waals surface area contributed by atoms with Crippen LogP contribution in [0.5, 0.6) is 0 Å².